The van der Waals surface area contributed by atoms with Crippen molar-refractivity contribution in [2.24, 2.45) is 0 Å². The number of aliphatic hydroxyl groups excluding tert-OH is 2. The van der Waals surface area contributed by atoms with Gasteiger partial charge in [0, 0.05) is 0 Å². The summed E-state index contributed by atoms with van der Waals surface area (Å²) in [4.78, 5) is 31.9. The van der Waals surface area contributed by atoms with E-state index in [1.165, 1.54) is 17.2 Å². The van der Waals surface area contributed by atoms with E-state index in [4.69, 9.17) is 14.5 Å². The Balaban J connectivity index is 1.77. The van der Waals surface area contributed by atoms with Crippen LogP contribution in [0.15, 0.2) is 17.4 Å². The fourth-order valence-corrected chi connectivity index (χ4v) is 2.40. The molecule has 10 heteroatoms. The summed E-state index contributed by atoms with van der Waals surface area (Å²) in [6, 6.07) is 0. The van der Waals surface area contributed by atoms with Crippen LogP contribution in [0.2, 0.25) is 0 Å². The van der Waals surface area contributed by atoms with Crippen molar-refractivity contribution < 1.29 is 24.7 Å². The molecule has 2 aromatic rings. The molecule has 1 fully saturated rings. The smallest absolute Gasteiger partial charge is 0.278 e. The molecule has 0 spiro atoms. The molecule has 0 amide bonds. The average molecular weight is 326 g/mol. The molecule has 10 nitrogen and oxygen atoms in total. The highest BCUT2D eigenvalue weighted by Gasteiger charge is 2.44. The molecule has 2 aromatic heterocycles. The second kappa shape index (κ2) is 6.72. The molecule has 4 atom stereocenters. The lowest BCUT2D eigenvalue weighted by atomic mass is 10.1. The predicted octanol–water partition coefficient (Wildman–Crippen LogP) is -0.903. The minimum absolute atomic E-state index is 0.0324. The van der Waals surface area contributed by atoms with Crippen LogP contribution < -0.4 is 5.56 Å². The fraction of sp³-hybridized carbons (Fsp3) is 0.615. The molecule has 23 heavy (non-hydrogen) atoms. The molecule has 3 heterocycles. The lowest BCUT2D eigenvalue weighted by Crippen LogP contribution is -2.33. The van der Waals surface area contributed by atoms with Crippen molar-refractivity contribution in [3.8, 4) is 0 Å². The maximum atomic E-state index is 11.7. The zero-order valence-electron chi connectivity index (χ0n) is 12.5. The van der Waals surface area contributed by atoms with Crippen molar-refractivity contribution in [1.82, 2.24) is 19.5 Å². The zero-order valence-corrected chi connectivity index (χ0v) is 12.5. The monoisotopic (exact) mass is 326 g/mol. The van der Waals surface area contributed by atoms with Gasteiger partial charge in [-0.1, -0.05) is 6.92 Å². The first-order valence-electron chi connectivity index (χ1n) is 7.29. The van der Waals surface area contributed by atoms with E-state index in [2.05, 4.69) is 15.0 Å². The van der Waals surface area contributed by atoms with Gasteiger partial charge in [0.25, 0.3) is 5.56 Å². The van der Waals surface area contributed by atoms with Crippen LogP contribution >= 0.6 is 0 Å². The van der Waals surface area contributed by atoms with E-state index in [0.717, 1.165) is 6.42 Å². The second-order valence-corrected chi connectivity index (χ2v) is 5.21. The van der Waals surface area contributed by atoms with Crippen LogP contribution in [0, 0.1) is 0 Å². The van der Waals surface area contributed by atoms with Crippen molar-refractivity contribution in [2.45, 2.75) is 37.9 Å². The highest BCUT2D eigenvalue weighted by atomic mass is 17.2. The molecule has 3 rings (SSSR count). The highest BCUT2D eigenvalue weighted by molar-refractivity contribution is 5.68. The SMILES string of the molecule is CCCOOCC1OC(n2cnc3c(=O)[nH]cnc32)C(O)C1O. The van der Waals surface area contributed by atoms with Gasteiger partial charge in [0.2, 0.25) is 0 Å². The molecule has 1 saturated heterocycles. The van der Waals surface area contributed by atoms with E-state index in [1.54, 1.807) is 0 Å². The van der Waals surface area contributed by atoms with E-state index in [-0.39, 0.29) is 17.8 Å². The average Bonchev–Trinajstić information content (AvgIpc) is 3.09. The Hall–Kier alpha value is -1.85. The van der Waals surface area contributed by atoms with Gasteiger partial charge in [-0.2, -0.15) is 0 Å². The molecule has 0 bridgehead atoms. The van der Waals surface area contributed by atoms with Crippen LogP contribution in [0.25, 0.3) is 11.2 Å². The number of ether oxygens (including phenoxy) is 1. The molecule has 0 aliphatic carbocycles. The molecule has 0 saturated carbocycles. The number of imidazole rings is 1. The molecule has 1 aliphatic rings. The molecule has 0 radical (unpaired) electrons. The van der Waals surface area contributed by atoms with Crippen LogP contribution in [-0.2, 0) is 14.5 Å². The number of hydrogen-bond donors (Lipinski definition) is 3. The summed E-state index contributed by atoms with van der Waals surface area (Å²) in [5.41, 5.74) is -0.00722. The standard InChI is InChI=1S/C13H18N4O6/c1-2-3-21-22-4-7-9(18)10(19)13(23-7)17-6-16-8-11(17)14-5-15-12(8)20/h5-7,9-10,13,18-19H,2-4H2,1H3,(H,14,15,20). The lowest BCUT2D eigenvalue weighted by Gasteiger charge is -2.16. The summed E-state index contributed by atoms with van der Waals surface area (Å²) in [6.07, 6.45) is -0.710. The van der Waals surface area contributed by atoms with Gasteiger partial charge in [-0.3, -0.25) is 9.36 Å². The van der Waals surface area contributed by atoms with Crippen molar-refractivity contribution in [3.05, 3.63) is 23.0 Å². The number of aromatic amines is 1. The van der Waals surface area contributed by atoms with E-state index in [0.29, 0.717) is 6.61 Å². The number of hydrogen-bond acceptors (Lipinski definition) is 8. The normalized spacial score (nSPS) is 27.8. The van der Waals surface area contributed by atoms with E-state index < -0.39 is 30.1 Å². The third-order valence-electron chi connectivity index (χ3n) is 3.58. The van der Waals surface area contributed by atoms with Crippen LogP contribution in [0.5, 0.6) is 0 Å². The number of rotatable bonds is 6. The quantitative estimate of drug-likeness (QED) is 0.353. The Bertz CT molecular complexity index is 716. The highest BCUT2D eigenvalue weighted by Crippen LogP contribution is 2.31. The number of fused-ring (bicyclic) bond motifs is 1. The van der Waals surface area contributed by atoms with Gasteiger partial charge < -0.3 is 19.9 Å². The van der Waals surface area contributed by atoms with Gasteiger partial charge in [-0.15, -0.1) is 0 Å². The third-order valence-corrected chi connectivity index (χ3v) is 3.58. The summed E-state index contributed by atoms with van der Waals surface area (Å²) in [5.74, 6) is 0. The molecule has 1 aliphatic heterocycles. The summed E-state index contributed by atoms with van der Waals surface area (Å²) in [7, 11) is 0. The van der Waals surface area contributed by atoms with Gasteiger partial charge >= 0.3 is 0 Å². The van der Waals surface area contributed by atoms with Crippen molar-refractivity contribution in [2.75, 3.05) is 13.2 Å². The van der Waals surface area contributed by atoms with Gasteiger partial charge in [-0.05, 0) is 6.42 Å². The van der Waals surface area contributed by atoms with Gasteiger partial charge in [0.05, 0.1) is 19.3 Å². The molecule has 126 valence electrons. The molecular formula is C13H18N4O6. The summed E-state index contributed by atoms with van der Waals surface area (Å²) >= 11 is 0. The van der Waals surface area contributed by atoms with Crippen LogP contribution in [-0.4, -0.2) is 61.3 Å². The van der Waals surface area contributed by atoms with Gasteiger partial charge in [-0.25, -0.2) is 19.7 Å². The molecule has 4 unspecified atom stereocenters. The Labute approximate surface area is 130 Å². The van der Waals surface area contributed by atoms with Crippen LogP contribution in [0.3, 0.4) is 0 Å². The van der Waals surface area contributed by atoms with Crippen molar-refractivity contribution in [3.63, 3.8) is 0 Å². The Morgan fingerprint density at radius 3 is 2.96 bits per heavy atom. The number of H-pyrrole nitrogens is 1. The van der Waals surface area contributed by atoms with Gasteiger partial charge in [0.1, 0.15) is 24.9 Å². The van der Waals surface area contributed by atoms with E-state index >= 15 is 0 Å². The Kier molecular flexibility index (Phi) is 4.68. The number of nitrogens with one attached hydrogen (secondary N) is 1. The first-order valence-corrected chi connectivity index (χ1v) is 7.29. The topological polar surface area (TPSA) is 132 Å². The van der Waals surface area contributed by atoms with Crippen molar-refractivity contribution in [1.29, 1.82) is 0 Å². The third kappa shape index (κ3) is 2.99. The number of aromatic nitrogens is 4. The fourth-order valence-electron chi connectivity index (χ4n) is 2.40. The summed E-state index contributed by atoms with van der Waals surface area (Å²) in [6.45, 7) is 2.33. The number of aliphatic hydroxyl groups is 2. The zero-order chi connectivity index (χ0) is 16.4. The second-order valence-electron chi connectivity index (χ2n) is 5.21. The van der Waals surface area contributed by atoms with Crippen molar-refractivity contribution >= 4 is 11.2 Å². The van der Waals surface area contributed by atoms with E-state index in [9.17, 15) is 15.0 Å². The largest absolute Gasteiger partial charge is 0.387 e. The van der Waals surface area contributed by atoms with Crippen LogP contribution in [0.1, 0.15) is 19.6 Å². The molecule has 0 aromatic carbocycles. The first kappa shape index (κ1) is 16.0. The van der Waals surface area contributed by atoms with E-state index in [1.807, 2.05) is 6.92 Å². The minimum atomic E-state index is -1.21. The molecule has 3 N–H and O–H groups in total. The lowest BCUT2D eigenvalue weighted by molar-refractivity contribution is -0.309. The van der Waals surface area contributed by atoms with Gasteiger partial charge in [0.15, 0.2) is 17.4 Å². The maximum Gasteiger partial charge on any atom is 0.278 e. The minimum Gasteiger partial charge on any atom is -0.387 e. The maximum absolute atomic E-state index is 11.7. The Morgan fingerprint density at radius 2 is 2.17 bits per heavy atom. The number of nitrogens with zero attached hydrogens (tertiary/aromatic N) is 3. The Morgan fingerprint density at radius 1 is 1.35 bits per heavy atom. The first-order chi connectivity index (χ1) is 11.1. The molecular weight excluding hydrogens is 308 g/mol. The van der Waals surface area contributed by atoms with Crippen LogP contribution in [0.4, 0.5) is 0 Å². The summed E-state index contributed by atoms with van der Waals surface area (Å²) < 4.78 is 7.03. The summed E-state index contributed by atoms with van der Waals surface area (Å²) in [5, 5.41) is 20.3. The predicted molar refractivity (Wildman–Crippen MR) is 76.3 cm³/mol.